The zero-order valence-corrected chi connectivity index (χ0v) is 11.2. The Morgan fingerprint density at radius 3 is 2.79 bits per heavy atom. The van der Waals surface area contributed by atoms with Crippen molar-refractivity contribution in [2.45, 2.75) is 38.6 Å². The van der Waals surface area contributed by atoms with Crippen molar-refractivity contribution in [2.24, 2.45) is 11.8 Å². The van der Waals surface area contributed by atoms with Gasteiger partial charge in [0.25, 0.3) is 5.91 Å². The van der Waals surface area contributed by atoms with E-state index in [1.54, 1.807) is 12.1 Å². The average Bonchev–Trinajstić information content (AvgIpc) is 3.02. The van der Waals surface area contributed by atoms with Gasteiger partial charge in [-0.1, -0.05) is 6.42 Å². The molecule has 0 radical (unpaired) electrons. The van der Waals surface area contributed by atoms with Gasteiger partial charge < -0.3 is 10.6 Å². The molecule has 19 heavy (non-hydrogen) atoms. The first-order valence-corrected chi connectivity index (χ1v) is 7.14. The SMILES string of the molecule is CCNc1ccc(C(=O)NC2CC3CCC2C3)nn1. The van der Waals surface area contributed by atoms with Gasteiger partial charge >= 0.3 is 0 Å². The van der Waals surface area contributed by atoms with E-state index in [4.69, 9.17) is 0 Å². The molecule has 2 fully saturated rings. The summed E-state index contributed by atoms with van der Waals surface area (Å²) in [6, 6.07) is 3.88. The van der Waals surface area contributed by atoms with Crippen LogP contribution in [0.25, 0.3) is 0 Å². The Balaban J connectivity index is 1.60. The van der Waals surface area contributed by atoms with Crippen molar-refractivity contribution in [1.29, 1.82) is 0 Å². The molecule has 3 atom stereocenters. The molecular weight excluding hydrogens is 240 g/mol. The topological polar surface area (TPSA) is 66.9 Å². The average molecular weight is 260 g/mol. The smallest absolute Gasteiger partial charge is 0.272 e. The van der Waals surface area contributed by atoms with Gasteiger partial charge in [-0.05, 0) is 50.2 Å². The molecule has 3 unspecified atom stereocenters. The van der Waals surface area contributed by atoms with Crippen molar-refractivity contribution >= 4 is 11.7 Å². The molecule has 0 saturated heterocycles. The van der Waals surface area contributed by atoms with Gasteiger partial charge in [0.1, 0.15) is 5.82 Å². The van der Waals surface area contributed by atoms with Crippen LogP contribution in [-0.2, 0) is 0 Å². The Morgan fingerprint density at radius 2 is 2.21 bits per heavy atom. The predicted molar refractivity (Wildman–Crippen MR) is 72.9 cm³/mol. The molecule has 1 amide bonds. The monoisotopic (exact) mass is 260 g/mol. The molecule has 2 saturated carbocycles. The molecule has 0 aliphatic heterocycles. The summed E-state index contributed by atoms with van der Waals surface area (Å²) in [6.45, 7) is 2.79. The summed E-state index contributed by atoms with van der Waals surface area (Å²) in [5.41, 5.74) is 0.407. The molecular formula is C14H20N4O. The molecule has 102 valence electrons. The van der Waals surface area contributed by atoms with E-state index < -0.39 is 0 Å². The Hall–Kier alpha value is -1.65. The van der Waals surface area contributed by atoms with Crippen LogP contribution in [0.15, 0.2) is 12.1 Å². The summed E-state index contributed by atoms with van der Waals surface area (Å²) >= 11 is 0. The van der Waals surface area contributed by atoms with Crippen LogP contribution in [0.5, 0.6) is 0 Å². The largest absolute Gasteiger partial charge is 0.369 e. The lowest BCUT2D eigenvalue weighted by atomic mass is 9.95. The first kappa shape index (κ1) is 12.4. The number of carbonyl (C=O) groups excluding carboxylic acids is 1. The van der Waals surface area contributed by atoms with E-state index in [0.29, 0.717) is 23.5 Å². The fraction of sp³-hybridized carbons (Fsp3) is 0.643. The number of anilines is 1. The van der Waals surface area contributed by atoms with Crippen molar-refractivity contribution in [3.8, 4) is 0 Å². The number of nitrogens with zero attached hydrogens (tertiary/aromatic N) is 2. The van der Waals surface area contributed by atoms with E-state index in [0.717, 1.165) is 18.9 Å². The second kappa shape index (κ2) is 5.15. The summed E-state index contributed by atoms with van der Waals surface area (Å²) in [5.74, 6) is 2.13. The van der Waals surface area contributed by atoms with Crippen LogP contribution in [-0.4, -0.2) is 28.7 Å². The number of carbonyl (C=O) groups is 1. The minimum Gasteiger partial charge on any atom is -0.369 e. The third-order valence-corrected chi connectivity index (χ3v) is 4.31. The van der Waals surface area contributed by atoms with E-state index in [1.807, 2.05) is 6.92 Å². The maximum Gasteiger partial charge on any atom is 0.272 e. The maximum absolute atomic E-state index is 12.1. The molecule has 2 bridgehead atoms. The molecule has 1 aromatic heterocycles. The molecule has 5 nitrogen and oxygen atoms in total. The van der Waals surface area contributed by atoms with E-state index >= 15 is 0 Å². The van der Waals surface area contributed by atoms with Crippen LogP contribution in [0.2, 0.25) is 0 Å². The molecule has 5 heteroatoms. The molecule has 2 N–H and O–H groups in total. The summed E-state index contributed by atoms with van der Waals surface area (Å²) in [4.78, 5) is 12.1. The minimum atomic E-state index is -0.0897. The third kappa shape index (κ3) is 2.55. The highest BCUT2D eigenvalue weighted by Gasteiger charge is 2.40. The van der Waals surface area contributed by atoms with Crippen molar-refractivity contribution in [3.63, 3.8) is 0 Å². The van der Waals surface area contributed by atoms with E-state index in [9.17, 15) is 4.79 Å². The van der Waals surface area contributed by atoms with E-state index in [1.165, 1.54) is 19.3 Å². The first-order valence-electron chi connectivity index (χ1n) is 7.14. The Kier molecular flexibility index (Phi) is 3.36. The van der Waals surface area contributed by atoms with Gasteiger partial charge in [-0.25, -0.2) is 0 Å². The molecule has 1 heterocycles. The van der Waals surface area contributed by atoms with Crippen LogP contribution in [0.4, 0.5) is 5.82 Å². The zero-order valence-electron chi connectivity index (χ0n) is 11.2. The molecule has 0 spiro atoms. The number of amides is 1. The normalized spacial score (nSPS) is 28.4. The Morgan fingerprint density at radius 1 is 1.32 bits per heavy atom. The second-order valence-corrected chi connectivity index (χ2v) is 5.59. The highest BCUT2D eigenvalue weighted by Crippen LogP contribution is 2.44. The number of fused-ring (bicyclic) bond motifs is 2. The lowest BCUT2D eigenvalue weighted by Gasteiger charge is -2.22. The van der Waals surface area contributed by atoms with Crippen molar-refractivity contribution in [3.05, 3.63) is 17.8 Å². The zero-order chi connectivity index (χ0) is 13.2. The van der Waals surface area contributed by atoms with Crippen LogP contribution in [0, 0.1) is 11.8 Å². The number of nitrogens with one attached hydrogen (secondary N) is 2. The lowest BCUT2D eigenvalue weighted by molar-refractivity contribution is 0.0917. The lowest BCUT2D eigenvalue weighted by Crippen LogP contribution is -2.38. The fourth-order valence-electron chi connectivity index (χ4n) is 3.39. The van der Waals surface area contributed by atoms with Crippen LogP contribution in [0.1, 0.15) is 43.1 Å². The Bertz CT molecular complexity index is 459. The van der Waals surface area contributed by atoms with Crippen LogP contribution in [0.3, 0.4) is 0 Å². The van der Waals surface area contributed by atoms with Gasteiger partial charge in [0.15, 0.2) is 5.69 Å². The van der Waals surface area contributed by atoms with Gasteiger partial charge in [0, 0.05) is 12.6 Å². The van der Waals surface area contributed by atoms with Crippen molar-refractivity contribution in [1.82, 2.24) is 15.5 Å². The standard InChI is InChI=1S/C14H20N4O/c1-2-15-13-6-5-11(17-18-13)14(19)16-12-8-9-3-4-10(12)7-9/h5-6,9-10,12H,2-4,7-8H2,1H3,(H,15,18)(H,16,19). The first-order chi connectivity index (χ1) is 9.26. The quantitative estimate of drug-likeness (QED) is 0.866. The van der Waals surface area contributed by atoms with Gasteiger partial charge in [-0.15, -0.1) is 10.2 Å². The maximum atomic E-state index is 12.1. The van der Waals surface area contributed by atoms with E-state index in [-0.39, 0.29) is 5.91 Å². The van der Waals surface area contributed by atoms with Crippen molar-refractivity contribution in [2.75, 3.05) is 11.9 Å². The van der Waals surface area contributed by atoms with Crippen LogP contribution < -0.4 is 10.6 Å². The minimum absolute atomic E-state index is 0.0897. The molecule has 0 aromatic carbocycles. The van der Waals surface area contributed by atoms with Gasteiger partial charge in [-0.2, -0.15) is 0 Å². The molecule has 3 rings (SSSR count). The molecule has 2 aliphatic rings. The highest BCUT2D eigenvalue weighted by molar-refractivity contribution is 5.92. The summed E-state index contributed by atoms with van der Waals surface area (Å²) in [7, 11) is 0. The third-order valence-electron chi connectivity index (χ3n) is 4.31. The van der Waals surface area contributed by atoms with Gasteiger partial charge in [0.2, 0.25) is 0 Å². The fourth-order valence-corrected chi connectivity index (χ4v) is 3.39. The number of aromatic nitrogens is 2. The van der Waals surface area contributed by atoms with Gasteiger partial charge in [0.05, 0.1) is 0 Å². The second-order valence-electron chi connectivity index (χ2n) is 5.59. The number of hydrogen-bond acceptors (Lipinski definition) is 4. The Labute approximate surface area is 113 Å². The van der Waals surface area contributed by atoms with Crippen molar-refractivity contribution < 1.29 is 4.79 Å². The predicted octanol–water partition coefficient (Wildman–Crippen LogP) is 1.83. The number of rotatable bonds is 4. The summed E-state index contributed by atoms with van der Waals surface area (Å²) in [5, 5.41) is 14.1. The highest BCUT2D eigenvalue weighted by atomic mass is 16.2. The van der Waals surface area contributed by atoms with Gasteiger partial charge in [-0.3, -0.25) is 4.79 Å². The molecule has 1 aromatic rings. The summed E-state index contributed by atoms with van der Waals surface area (Å²) < 4.78 is 0. The molecule has 2 aliphatic carbocycles. The van der Waals surface area contributed by atoms with E-state index in [2.05, 4.69) is 20.8 Å². The number of hydrogen-bond donors (Lipinski definition) is 2. The van der Waals surface area contributed by atoms with Crippen LogP contribution >= 0.6 is 0 Å². The summed E-state index contributed by atoms with van der Waals surface area (Å²) in [6.07, 6.45) is 5.03.